The van der Waals surface area contributed by atoms with E-state index in [1.807, 2.05) is 30.3 Å². The highest BCUT2D eigenvalue weighted by Crippen LogP contribution is 2.22. The van der Waals surface area contributed by atoms with Crippen molar-refractivity contribution in [2.75, 3.05) is 13.7 Å². The summed E-state index contributed by atoms with van der Waals surface area (Å²) in [5, 5.41) is 11.7. The van der Waals surface area contributed by atoms with Gasteiger partial charge in [-0.05, 0) is 29.8 Å². The van der Waals surface area contributed by atoms with Gasteiger partial charge in [0, 0.05) is 36.3 Å². The molecular formula is C19H21NO4S. The zero-order valence-electron chi connectivity index (χ0n) is 14.0. The van der Waals surface area contributed by atoms with Crippen molar-refractivity contribution < 1.29 is 19.4 Å². The minimum atomic E-state index is -1.07. The molecule has 0 aromatic heterocycles. The molecule has 6 heteroatoms. The number of methoxy groups -OCH3 is 1. The minimum Gasteiger partial charge on any atom is -0.480 e. The number of aliphatic carboxylic acids is 1. The van der Waals surface area contributed by atoms with Gasteiger partial charge in [0.2, 0.25) is 0 Å². The molecule has 0 spiro atoms. The summed E-state index contributed by atoms with van der Waals surface area (Å²) in [6, 6.07) is 16.3. The van der Waals surface area contributed by atoms with Crippen LogP contribution in [0.25, 0.3) is 0 Å². The fourth-order valence-corrected chi connectivity index (χ4v) is 3.05. The number of hydrogen-bond donors (Lipinski definition) is 2. The monoisotopic (exact) mass is 359 g/mol. The molecular weight excluding hydrogens is 338 g/mol. The van der Waals surface area contributed by atoms with Crippen LogP contribution in [-0.2, 0) is 15.3 Å². The van der Waals surface area contributed by atoms with Crippen molar-refractivity contribution in [2.24, 2.45) is 0 Å². The lowest BCUT2D eigenvalue weighted by Gasteiger charge is -2.14. The van der Waals surface area contributed by atoms with Gasteiger partial charge in [-0.2, -0.15) is 0 Å². The molecule has 0 fully saturated rings. The van der Waals surface area contributed by atoms with E-state index in [2.05, 4.69) is 17.4 Å². The Hall–Kier alpha value is -2.31. The highest BCUT2D eigenvalue weighted by atomic mass is 32.2. The zero-order valence-corrected chi connectivity index (χ0v) is 14.8. The summed E-state index contributed by atoms with van der Waals surface area (Å²) in [4.78, 5) is 24.6. The molecule has 2 N–H and O–H groups in total. The largest absolute Gasteiger partial charge is 0.480 e. The van der Waals surface area contributed by atoms with Crippen LogP contribution in [0, 0.1) is 0 Å². The summed E-state index contributed by atoms with van der Waals surface area (Å²) in [6.45, 7) is 0.271. The molecule has 0 aliphatic carbocycles. The Morgan fingerprint density at radius 1 is 1.12 bits per heavy atom. The second kappa shape index (κ2) is 9.86. The number of ether oxygens (including phenoxy) is 1. The van der Waals surface area contributed by atoms with Gasteiger partial charge in [-0.1, -0.05) is 30.3 Å². The van der Waals surface area contributed by atoms with Crippen molar-refractivity contribution in [2.45, 2.75) is 23.1 Å². The number of carboxylic acids is 1. The van der Waals surface area contributed by atoms with Gasteiger partial charge in [-0.15, -0.1) is 11.8 Å². The second-order valence-corrected chi connectivity index (χ2v) is 6.49. The minimum absolute atomic E-state index is 0.226. The first kappa shape index (κ1) is 19.0. The Labute approximate surface area is 151 Å². The SMILES string of the molecule is COCCC(NC(=O)c1ccc(CSc2ccccc2)cc1)C(=O)O. The van der Waals surface area contributed by atoms with Crippen LogP contribution < -0.4 is 5.32 Å². The van der Waals surface area contributed by atoms with E-state index in [4.69, 9.17) is 9.84 Å². The smallest absolute Gasteiger partial charge is 0.326 e. The van der Waals surface area contributed by atoms with Crippen LogP contribution >= 0.6 is 11.8 Å². The summed E-state index contributed by atoms with van der Waals surface area (Å²) >= 11 is 1.72. The lowest BCUT2D eigenvalue weighted by atomic mass is 10.1. The number of benzene rings is 2. The number of thioether (sulfide) groups is 1. The summed E-state index contributed by atoms with van der Waals surface area (Å²) < 4.78 is 4.87. The van der Waals surface area contributed by atoms with Crippen LogP contribution in [0.5, 0.6) is 0 Å². The second-order valence-electron chi connectivity index (χ2n) is 5.44. The van der Waals surface area contributed by atoms with Crippen molar-refractivity contribution in [1.82, 2.24) is 5.32 Å². The van der Waals surface area contributed by atoms with Crippen molar-refractivity contribution in [1.29, 1.82) is 0 Å². The molecule has 1 atom stereocenters. The fourth-order valence-electron chi connectivity index (χ4n) is 2.17. The van der Waals surface area contributed by atoms with Crippen molar-refractivity contribution in [3.63, 3.8) is 0 Å². The summed E-state index contributed by atoms with van der Waals surface area (Å²) in [6.07, 6.45) is 0.226. The van der Waals surface area contributed by atoms with E-state index in [9.17, 15) is 9.59 Å². The van der Waals surface area contributed by atoms with Crippen LogP contribution in [0.2, 0.25) is 0 Å². The standard InChI is InChI=1S/C19H21NO4S/c1-24-12-11-17(19(22)23)20-18(21)15-9-7-14(8-10-15)13-25-16-5-3-2-4-6-16/h2-10,17H,11-13H2,1H3,(H,20,21)(H,22,23). The molecule has 1 unspecified atom stereocenters. The van der Waals surface area contributed by atoms with Crippen molar-refractivity contribution in [3.8, 4) is 0 Å². The average molecular weight is 359 g/mol. The first-order valence-electron chi connectivity index (χ1n) is 7.89. The molecule has 2 aromatic carbocycles. The maximum absolute atomic E-state index is 12.2. The number of hydrogen-bond acceptors (Lipinski definition) is 4. The lowest BCUT2D eigenvalue weighted by molar-refractivity contribution is -0.139. The van der Waals surface area contributed by atoms with Crippen molar-refractivity contribution in [3.05, 3.63) is 65.7 Å². The summed E-state index contributed by atoms with van der Waals surface area (Å²) in [5.74, 6) is -0.663. The van der Waals surface area contributed by atoms with E-state index in [0.717, 1.165) is 11.3 Å². The normalized spacial score (nSPS) is 11.7. The maximum Gasteiger partial charge on any atom is 0.326 e. The summed E-state index contributed by atoms with van der Waals surface area (Å²) in [7, 11) is 1.49. The molecule has 0 saturated heterocycles. The van der Waals surface area contributed by atoms with Gasteiger partial charge < -0.3 is 15.2 Å². The van der Waals surface area contributed by atoms with Gasteiger partial charge in [0.1, 0.15) is 6.04 Å². The van der Waals surface area contributed by atoms with Crippen LogP contribution in [0.15, 0.2) is 59.5 Å². The van der Waals surface area contributed by atoms with Gasteiger partial charge in [-0.25, -0.2) is 4.79 Å². The highest BCUT2D eigenvalue weighted by molar-refractivity contribution is 7.98. The Morgan fingerprint density at radius 2 is 1.80 bits per heavy atom. The van der Waals surface area contributed by atoms with E-state index in [1.165, 1.54) is 12.0 Å². The Bertz CT molecular complexity index is 688. The van der Waals surface area contributed by atoms with Crippen LogP contribution in [0.3, 0.4) is 0 Å². The van der Waals surface area contributed by atoms with Crippen LogP contribution in [0.4, 0.5) is 0 Å². The predicted octanol–water partition coefficient (Wildman–Crippen LogP) is 3.20. The topological polar surface area (TPSA) is 75.6 Å². The van der Waals surface area contributed by atoms with Gasteiger partial charge in [0.25, 0.3) is 5.91 Å². The maximum atomic E-state index is 12.2. The highest BCUT2D eigenvalue weighted by Gasteiger charge is 2.20. The van der Waals surface area contributed by atoms with E-state index in [1.54, 1.807) is 23.9 Å². The van der Waals surface area contributed by atoms with Gasteiger partial charge >= 0.3 is 5.97 Å². The predicted molar refractivity (Wildman–Crippen MR) is 97.8 cm³/mol. The molecule has 0 radical (unpaired) electrons. The Kier molecular flexibility index (Phi) is 7.50. The number of amides is 1. The number of nitrogens with one attached hydrogen (secondary N) is 1. The molecule has 2 rings (SSSR count). The van der Waals surface area contributed by atoms with E-state index in [0.29, 0.717) is 5.56 Å². The average Bonchev–Trinajstić information content (AvgIpc) is 2.64. The van der Waals surface area contributed by atoms with E-state index in [-0.39, 0.29) is 13.0 Å². The van der Waals surface area contributed by atoms with Gasteiger partial charge in [0.15, 0.2) is 0 Å². The molecule has 132 valence electrons. The number of carbonyl (C=O) groups excluding carboxylic acids is 1. The molecule has 1 amide bonds. The number of carbonyl (C=O) groups is 2. The van der Waals surface area contributed by atoms with Crippen molar-refractivity contribution >= 4 is 23.6 Å². The third-order valence-corrected chi connectivity index (χ3v) is 4.66. The molecule has 0 heterocycles. The molecule has 0 saturated carbocycles. The van der Waals surface area contributed by atoms with E-state index < -0.39 is 17.9 Å². The zero-order chi connectivity index (χ0) is 18.1. The summed E-state index contributed by atoms with van der Waals surface area (Å²) in [5.41, 5.74) is 1.54. The van der Waals surface area contributed by atoms with Crippen LogP contribution in [0.1, 0.15) is 22.3 Å². The Balaban J connectivity index is 1.91. The lowest BCUT2D eigenvalue weighted by Crippen LogP contribution is -2.41. The number of carboxylic acid groups (broad SMARTS) is 1. The number of rotatable bonds is 9. The van der Waals surface area contributed by atoms with Gasteiger partial charge in [0.05, 0.1) is 0 Å². The van der Waals surface area contributed by atoms with Gasteiger partial charge in [-0.3, -0.25) is 4.79 Å². The quantitative estimate of drug-likeness (QED) is 0.673. The van der Waals surface area contributed by atoms with E-state index >= 15 is 0 Å². The molecule has 25 heavy (non-hydrogen) atoms. The molecule has 0 bridgehead atoms. The third kappa shape index (κ3) is 6.25. The molecule has 5 nitrogen and oxygen atoms in total. The Morgan fingerprint density at radius 3 is 2.40 bits per heavy atom. The van der Waals surface area contributed by atoms with Crippen LogP contribution in [-0.4, -0.2) is 36.7 Å². The molecule has 0 aliphatic heterocycles. The fraction of sp³-hybridized carbons (Fsp3) is 0.263. The first-order valence-corrected chi connectivity index (χ1v) is 8.88. The molecule has 2 aromatic rings. The first-order chi connectivity index (χ1) is 12.1. The third-order valence-electron chi connectivity index (χ3n) is 3.58. The molecule has 0 aliphatic rings.